The molecular formula is C12H18ClN3O2. The largest absolute Gasteiger partial charge is 0.379 e. The van der Waals surface area contributed by atoms with E-state index in [2.05, 4.69) is 10.4 Å². The van der Waals surface area contributed by atoms with Gasteiger partial charge in [-0.1, -0.05) is 18.5 Å². The van der Waals surface area contributed by atoms with Gasteiger partial charge in [-0.2, -0.15) is 5.10 Å². The van der Waals surface area contributed by atoms with E-state index in [1.54, 1.807) is 4.68 Å². The van der Waals surface area contributed by atoms with Gasteiger partial charge in [0.05, 0.1) is 30.4 Å². The van der Waals surface area contributed by atoms with Crippen LogP contribution in [0.1, 0.15) is 24.3 Å². The maximum Gasteiger partial charge on any atom is 0.189 e. The van der Waals surface area contributed by atoms with Crippen LogP contribution in [0.25, 0.3) is 0 Å². The van der Waals surface area contributed by atoms with Gasteiger partial charge in [0.15, 0.2) is 5.78 Å². The number of hydrogen-bond acceptors (Lipinski definition) is 4. The lowest BCUT2D eigenvalue weighted by molar-refractivity contribution is 0.0881. The average molecular weight is 272 g/mol. The summed E-state index contributed by atoms with van der Waals surface area (Å²) in [6, 6.07) is 0.0683. The first kappa shape index (κ1) is 13.5. The minimum Gasteiger partial charge on any atom is -0.379 e. The highest BCUT2D eigenvalue weighted by Gasteiger charge is 2.36. The van der Waals surface area contributed by atoms with Crippen molar-refractivity contribution in [1.29, 1.82) is 0 Å². The van der Waals surface area contributed by atoms with Crippen LogP contribution in [-0.2, 0) is 11.3 Å². The molecule has 18 heavy (non-hydrogen) atoms. The number of rotatable bonds is 5. The summed E-state index contributed by atoms with van der Waals surface area (Å²) < 4.78 is 7.04. The Hall–Kier alpha value is -0.910. The van der Waals surface area contributed by atoms with Gasteiger partial charge in [0.25, 0.3) is 0 Å². The molecule has 1 N–H and O–H groups in total. The molecule has 0 saturated carbocycles. The fourth-order valence-corrected chi connectivity index (χ4v) is 2.53. The van der Waals surface area contributed by atoms with Gasteiger partial charge in [-0.05, 0) is 13.5 Å². The van der Waals surface area contributed by atoms with Gasteiger partial charge >= 0.3 is 0 Å². The summed E-state index contributed by atoms with van der Waals surface area (Å²) in [5, 5.41) is 7.80. The third kappa shape index (κ3) is 2.43. The molecule has 2 heterocycles. The fraction of sp³-hybridized carbons (Fsp3) is 0.667. The van der Waals surface area contributed by atoms with E-state index in [0.717, 1.165) is 6.54 Å². The third-order valence-corrected chi connectivity index (χ3v) is 3.49. The maximum absolute atomic E-state index is 12.5. The standard InChI is InChI=1S/C12H18ClN3O2/c1-3-14-10-7-18-6-8(10)12(17)11-9(13)5-15-16(11)4-2/h5,8,10,14H,3-4,6-7H2,1-2H3. The number of carbonyl (C=O) groups is 1. The highest BCUT2D eigenvalue weighted by Crippen LogP contribution is 2.24. The monoisotopic (exact) mass is 271 g/mol. The summed E-state index contributed by atoms with van der Waals surface area (Å²) in [5.74, 6) is -0.160. The molecule has 100 valence electrons. The number of likely N-dealkylation sites (N-methyl/N-ethyl adjacent to an activating group) is 1. The number of halogens is 1. The topological polar surface area (TPSA) is 56.1 Å². The average Bonchev–Trinajstić information content (AvgIpc) is 2.95. The number of carbonyl (C=O) groups excluding carboxylic acids is 1. The highest BCUT2D eigenvalue weighted by atomic mass is 35.5. The number of aryl methyl sites for hydroxylation is 1. The first-order chi connectivity index (χ1) is 8.69. The SMILES string of the molecule is CCNC1COCC1C(=O)c1c(Cl)cnn1CC. The molecule has 1 saturated heterocycles. The van der Waals surface area contributed by atoms with E-state index in [9.17, 15) is 4.79 Å². The number of nitrogens with zero attached hydrogens (tertiary/aromatic N) is 2. The van der Waals surface area contributed by atoms with E-state index >= 15 is 0 Å². The summed E-state index contributed by atoms with van der Waals surface area (Å²) >= 11 is 6.06. The number of nitrogens with one attached hydrogen (secondary N) is 1. The van der Waals surface area contributed by atoms with Crippen LogP contribution in [0.3, 0.4) is 0 Å². The van der Waals surface area contributed by atoms with Gasteiger partial charge in [0.1, 0.15) is 5.69 Å². The summed E-state index contributed by atoms with van der Waals surface area (Å²) in [6.07, 6.45) is 1.52. The van der Waals surface area contributed by atoms with Crippen molar-refractivity contribution in [3.8, 4) is 0 Å². The van der Waals surface area contributed by atoms with Gasteiger partial charge in [0.2, 0.25) is 0 Å². The Bertz CT molecular complexity index is 433. The van der Waals surface area contributed by atoms with Crippen molar-refractivity contribution < 1.29 is 9.53 Å². The zero-order chi connectivity index (χ0) is 13.1. The molecule has 0 bridgehead atoms. The third-order valence-electron chi connectivity index (χ3n) is 3.21. The smallest absolute Gasteiger partial charge is 0.189 e. The van der Waals surface area contributed by atoms with Crippen molar-refractivity contribution >= 4 is 17.4 Å². The lowest BCUT2D eigenvalue weighted by atomic mass is 9.96. The van der Waals surface area contributed by atoms with E-state index in [1.807, 2.05) is 13.8 Å². The lowest BCUT2D eigenvalue weighted by Gasteiger charge is -2.17. The Balaban J connectivity index is 2.22. The molecule has 0 aliphatic carbocycles. The second kappa shape index (κ2) is 5.82. The Kier molecular flexibility index (Phi) is 4.37. The van der Waals surface area contributed by atoms with Gasteiger partial charge in [-0.25, -0.2) is 0 Å². The highest BCUT2D eigenvalue weighted by molar-refractivity contribution is 6.33. The molecule has 1 aromatic heterocycles. The van der Waals surface area contributed by atoms with Gasteiger partial charge in [0, 0.05) is 12.6 Å². The zero-order valence-corrected chi connectivity index (χ0v) is 11.4. The van der Waals surface area contributed by atoms with Crippen molar-refractivity contribution in [2.75, 3.05) is 19.8 Å². The second-order valence-corrected chi connectivity index (χ2v) is 4.74. The van der Waals surface area contributed by atoms with Gasteiger partial charge in [-0.3, -0.25) is 9.48 Å². The number of Topliss-reactive ketones (excluding diaryl/α,β-unsaturated/α-hetero) is 1. The summed E-state index contributed by atoms with van der Waals surface area (Å²) in [6.45, 7) is 6.42. The minimum absolute atomic E-state index is 0.0165. The van der Waals surface area contributed by atoms with Crippen molar-refractivity contribution in [3.05, 3.63) is 16.9 Å². The van der Waals surface area contributed by atoms with E-state index in [0.29, 0.717) is 30.5 Å². The minimum atomic E-state index is -0.176. The fourth-order valence-electron chi connectivity index (χ4n) is 2.30. The van der Waals surface area contributed by atoms with E-state index in [1.165, 1.54) is 6.20 Å². The van der Waals surface area contributed by atoms with E-state index < -0.39 is 0 Å². The van der Waals surface area contributed by atoms with Crippen molar-refractivity contribution in [2.24, 2.45) is 5.92 Å². The van der Waals surface area contributed by atoms with Crippen LogP contribution < -0.4 is 5.32 Å². The number of ketones is 1. The van der Waals surface area contributed by atoms with Crippen LogP contribution >= 0.6 is 11.6 Å². The first-order valence-electron chi connectivity index (χ1n) is 6.25. The van der Waals surface area contributed by atoms with Crippen LogP contribution in [0.4, 0.5) is 0 Å². The molecule has 2 atom stereocenters. The molecule has 2 rings (SSSR count). The van der Waals surface area contributed by atoms with Crippen LogP contribution in [0.5, 0.6) is 0 Å². The molecule has 0 amide bonds. The van der Waals surface area contributed by atoms with Crippen molar-refractivity contribution in [2.45, 2.75) is 26.4 Å². The Morgan fingerprint density at radius 1 is 1.61 bits per heavy atom. The predicted molar refractivity (Wildman–Crippen MR) is 69.0 cm³/mol. The van der Waals surface area contributed by atoms with Gasteiger partial charge < -0.3 is 10.1 Å². The molecule has 2 unspecified atom stereocenters. The Morgan fingerprint density at radius 2 is 2.39 bits per heavy atom. The van der Waals surface area contributed by atoms with Crippen molar-refractivity contribution in [1.82, 2.24) is 15.1 Å². The zero-order valence-electron chi connectivity index (χ0n) is 10.6. The maximum atomic E-state index is 12.5. The molecule has 6 heteroatoms. The van der Waals surface area contributed by atoms with E-state index in [4.69, 9.17) is 16.3 Å². The first-order valence-corrected chi connectivity index (χ1v) is 6.63. The summed E-state index contributed by atoms with van der Waals surface area (Å²) in [7, 11) is 0. The quantitative estimate of drug-likeness (QED) is 0.822. The van der Waals surface area contributed by atoms with Crippen molar-refractivity contribution in [3.63, 3.8) is 0 Å². The molecule has 0 radical (unpaired) electrons. The Labute approximate surface area is 111 Å². The second-order valence-electron chi connectivity index (χ2n) is 4.33. The number of aromatic nitrogens is 2. The van der Waals surface area contributed by atoms with E-state index in [-0.39, 0.29) is 17.7 Å². The number of ether oxygens (including phenoxy) is 1. The molecule has 1 aliphatic heterocycles. The molecule has 0 spiro atoms. The van der Waals surface area contributed by atoms with Crippen LogP contribution in [0.2, 0.25) is 5.02 Å². The molecule has 5 nitrogen and oxygen atoms in total. The van der Waals surface area contributed by atoms with Gasteiger partial charge in [-0.15, -0.1) is 0 Å². The van der Waals surface area contributed by atoms with Crippen LogP contribution in [0, 0.1) is 5.92 Å². The summed E-state index contributed by atoms with van der Waals surface area (Å²) in [5.41, 5.74) is 0.498. The normalized spacial score (nSPS) is 23.5. The molecular weight excluding hydrogens is 254 g/mol. The van der Waals surface area contributed by atoms with Crippen LogP contribution in [0.15, 0.2) is 6.20 Å². The molecule has 1 aromatic rings. The molecule has 0 aromatic carbocycles. The molecule has 1 fully saturated rings. The Morgan fingerprint density at radius 3 is 3.06 bits per heavy atom. The lowest BCUT2D eigenvalue weighted by Crippen LogP contribution is -2.39. The predicted octanol–water partition coefficient (Wildman–Crippen LogP) is 1.36. The number of hydrogen-bond donors (Lipinski definition) is 1. The molecule has 1 aliphatic rings. The summed E-state index contributed by atoms with van der Waals surface area (Å²) in [4.78, 5) is 12.5. The van der Waals surface area contributed by atoms with Crippen LogP contribution in [-0.4, -0.2) is 41.4 Å².